The highest BCUT2D eigenvalue weighted by molar-refractivity contribution is 5.97. The first-order chi connectivity index (χ1) is 8.17. The standard InChI is InChI=1S/C12H17N3O2/c1-2-4-11(16)14-8-9-5-3-6-10(7-9)12(13)15-17/h3,5-7,17H,2,4,8H2,1H3,(H2,13,15)(H,14,16). The summed E-state index contributed by atoms with van der Waals surface area (Å²) < 4.78 is 0. The van der Waals surface area contributed by atoms with Crippen LogP contribution in [0.25, 0.3) is 0 Å². The summed E-state index contributed by atoms with van der Waals surface area (Å²) in [5.41, 5.74) is 7.03. The van der Waals surface area contributed by atoms with Crippen LogP contribution in [0.2, 0.25) is 0 Å². The van der Waals surface area contributed by atoms with E-state index in [4.69, 9.17) is 10.9 Å². The molecule has 1 aromatic carbocycles. The molecule has 17 heavy (non-hydrogen) atoms. The van der Waals surface area contributed by atoms with E-state index in [1.807, 2.05) is 13.0 Å². The average molecular weight is 235 g/mol. The predicted molar refractivity (Wildman–Crippen MR) is 65.7 cm³/mol. The molecule has 5 heteroatoms. The molecule has 0 aromatic heterocycles. The molecule has 0 unspecified atom stereocenters. The molecule has 1 amide bonds. The van der Waals surface area contributed by atoms with E-state index in [0.29, 0.717) is 18.5 Å². The zero-order valence-corrected chi connectivity index (χ0v) is 9.81. The van der Waals surface area contributed by atoms with E-state index in [0.717, 1.165) is 12.0 Å². The van der Waals surface area contributed by atoms with Gasteiger partial charge in [-0.1, -0.05) is 30.3 Å². The fraction of sp³-hybridized carbons (Fsp3) is 0.333. The lowest BCUT2D eigenvalue weighted by molar-refractivity contribution is -0.121. The highest BCUT2D eigenvalue weighted by Gasteiger charge is 2.02. The van der Waals surface area contributed by atoms with Crippen LogP contribution in [0.1, 0.15) is 30.9 Å². The third-order valence-electron chi connectivity index (χ3n) is 2.30. The van der Waals surface area contributed by atoms with Crippen LogP contribution < -0.4 is 11.1 Å². The van der Waals surface area contributed by atoms with E-state index in [1.165, 1.54) is 0 Å². The first-order valence-electron chi connectivity index (χ1n) is 5.51. The van der Waals surface area contributed by atoms with Crippen molar-refractivity contribution in [2.75, 3.05) is 0 Å². The third kappa shape index (κ3) is 4.14. The number of carbonyl (C=O) groups is 1. The molecule has 5 nitrogen and oxygen atoms in total. The molecule has 0 atom stereocenters. The second-order valence-corrected chi connectivity index (χ2v) is 3.71. The molecule has 92 valence electrons. The van der Waals surface area contributed by atoms with E-state index in [1.54, 1.807) is 18.2 Å². The second-order valence-electron chi connectivity index (χ2n) is 3.71. The van der Waals surface area contributed by atoms with Gasteiger partial charge in [0.2, 0.25) is 5.91 Å². The molecular weight excluding hydrogens is 218 g/mol. The zero-order valence-electron chi connectivity index (χ0n) is 9.81. The number of amides is 1. The van der Waals surface area contributed by atoms with Gasteiger partial charge in [-0.25, -0.2) is 0 Å². The molecule has 0 saturated carbocycles. The molecule has 0 spiro atoms. The summed E-state index contributed by atoms with van der Waals surface area (Å²) in [6, 6.07) is 7.20. The van der Waals surface area contributed by atoms with E-state index >= 15 is 0 Å². The van der Waals surface area contributed by atoms with Crippen molar-refractivity contribution in [1.29, 1.82) is 0 Å². The molecule has 0 bridgehead atoms. The minimum absolute atomic E-state index is 0.0294. The SMILES string of the molecule is CCCC(=O)NCc1cccc(/C(N)=N/O)c1. The third-order valence-corrected chi connectivity index (χ3v) is 2.30. The number of amidine groups is 1. The van der Waals surface area contributed by atoms with Gasteiger partial charge in [0.1, 0.15) is 0 Å². The van der Waals surface area contributed by atoms with Crippen molar-refractivity contribution in [3.05, 3.63) is 35.4 Å². The molecule has 0 fully saturated rings. The molecular formula is C12H17N3O2. The number of nitrogens with one attached hydrogen (secondary N) is 1. The molecule has 0 saturated heterocycles. The number of benzene rings is 1. The first-order valence-corrected chi connectivity index (χ1v) is 5.51. The van der Waals surface area contributed by atoms with Crippen LogP contribution in [0.15, 0.2) is 29.4 Å². The molecule has 0 heterocycles. The molecule has 0 radical (unpaired) electrons. The van der Waals surface area contributed by atoms with Crippen molar-refractivity contribution < 1.29 is 10.0 Å². The lowest BCUT2D eigenvalue weighted by atomic mass is 10.1. The van der Waals surface area contributed by atoms with E-state index < -0.39 is 0 Å². The van der Waals surface area contributed by atoms with Crippen LogP contribution in [0, 0.1) is 0 Å². The van der Waals surface area contributed by atoms with Crippen LogP contribution in [-0.2, 0) is 11.3 Å². The fourth-order valence-corrected chi connectivity index (χ4v) is 1.41. The van der Waals surface area contributed by atoms with Crippen molar-refractivity contribution in [2.24, 2.45) is 10.9 Å². The van der Waals surface area contributed by atoms with Crippen LogP contribution >= 0.6 is 0 Å². The Morgan fingerprint density at radius 1 is 1.53 bits per heavy atom. The van der Waals surface area contributed by atoms with Gasteiger partial charge in [0.05, 0.1) is 0 Å². The van der Waals surface area contributed by atoms with Gasteiger partial charge in [0.15, 0.2) is 5.84 Å². The van der Waals surface area contributed by atoms with Gasteiger partial charge in [0, 0.05) is 18.5 Å². The largest absolute Gasteiger partial charge is 0.409 e. The molecule has 1 rings (SSSR count). The Bertz CT molecular complexity index is 416. The van der Waals surface area contributed by atoms with Gasteiger partial charge in [-0.3, -0.25) is 4.79 Å². The summed E-state index contributed by atoms with van der Waals surface area (Å²) >= 11 is 0. The summed E-state index contributed by atoms with van der Waals surface area (Å²) in [6.07, 6.45) is 1.36. The Kier molecular flexibility index (Phi) is 5.00. The van der Waals surface area contributed by atoms with E-state index in [-0.39, 0.29) is 11.7 Å². The normalized spacial score (nSPS) is 11.2. The van der Waals surface area contributed by atoms with Crippen molar-refractivity contribution in [3.63, 3.8) is 0 Å². The summed E-state index contributed by atoms with van der Waals surface area (Å²) in [5.74, 6) is 0.0911. The summed E-state index contributed by atoms with van der Waals surface area (Å²) in [4.78, 5) is 11.3. The average Bonchev–Trinajstić information content (AvgIpc) is 2.36. The van der Waals surface area contributed by atoms with Crippen LogP contribution in [0.4, 0.5) is 0 Å². The lowest BCUT2D eigenvalue weighted by Gasteiger charge is -2.06. The van der Waals surface area contributed by atoms with Gasteiger partial charge in [0.25, 0.3) is 0 Å². The summed E-state index contributed by atoms with van der Waals surface area (Å²) in [6.45, 7) is 2.41. The summed E-state index contributed by atoms with van der Waals surface area (Å²) in [5, 5.41) is 14.3. The molecule has 0 aliphatic carbocycles. The second kappa shape index (κ2) is 6.52. The molecule has 4 N–H and O–H groups in total. The van der Waals surface area contributed by atoms with Crippen LogP contribution in [0.5, 0.6) is 0 Å². The molecule has 1 aromatic rings. The molecule has 0 aliphatic rings. The minimum Gasteiger partial charge on any atom is -0.409 e. The number of nitrogens with zero attached hydrogens (tertiary/aromatic N) is 1. The van der Waals surface area contributed by atoms with Gasteiger partial charge in [-0.2, -0.15) is 0 Å². The van der Waals surface area contributed by atoms with Crippen molar-refractivity contribution in [3.8, 4) is 0 Å². The predicted octanol–water partition coefficient (Wildman–Crippen LogP) is 1.20. The van der Waals surface area contributed by atoms with Gasteiger partial charge in [-0.15, -0.1) is 0 Å². The van der Waals surface area contributed by atoms with Crippen LogP contribution in [0.3, 0.4) is 0 Å². The monoisotopic (exact) mass is 235 g/mol. The number of nitrogens with two attached hydrogens (primary N) is 1. The van der Waals surface area contributed by atoms with Crippen molar-refractivity contribution in [1.82, 2.24) is 5.32 Å². The fourth-order valence-electron chi connectivity index (χ4n) is 1.41. The highest BCUT2D eigenvalue weighted by Crippen LogP contribution is 2.05. The maximum absolute atomic E-state index is 11.3. The van der Waals surface area contributed by atoms with Gasteiger partial charge < -0.3 is 16.3 Å². The zero-order chi connectivity index (χ0) is 12.7. The smallest absolute Gasteiger partial charge is 0.220 e. The summed E-state index contributed by atoms with van der Waals surface area (Å²) in [7, 11) is 0. The molecule has 0 aliphatic heterocycles. The maximum atomic E-state index is 11.3. The maximum Gasteiger partial charge on any atom is 0.220 e. The van der Waals surface area contributed by atoms with Gasteiger partial charge in [-0.05, 0) is 18.1 Å². The Morgan fingerprint density at radius 2 is 2.29 bits per heavy atom. The number of oxime groups is 1. The Balaban J connectivity index is 2.63. The van der Waals surface area contributed by atoms with E-state index in [2.05, 4.69) is 10.5 Å². The lowest BCUT2D eigenvalue weighted by Crippen LogP contribution is -2.22. The van der Waals surface area contributed by atoms with Crippen LogP contribution in [-0.4, -0.2) is 17.0 Å². The highest BCUT2D eigenvalue weighted by atomic mass is 16.4. The Hall–Kier alpha value is -2.04. The topological polar surface area (TPSA) is 87.7 Å². The number of hydrogen-bond acceptors (Lipinski definition) is 3. The first kappa shape index (κ1) is 13.0. The minimum atomic E-state index is 0.0294. The van der Waals surface area contributed by atoms with E-state index in [9.17, 15) is 4.79 Å². The Labute approximate surface area is 100 Å². The van der Waals surface area contributed by atoms with Gasteiger partial charge >= 0.3 is 0 Å². The number of hydrogen-bond donors (Lipinski definition) is 3. The van der Waals surface area contributed by atoms with Crippen molar-refractivity contribution >= 4 is 11.7 Å². The number of rotatable bonds is 5. The van der Waals surface area contributed by atoms with Crippen molar-refractivity contribution in [2.45, 2.75) is 26.3 Å². The Morgan fingerprint density at radius 3 is 2.94 bits per heavy atom. The number of carbonyl (C=O) groups excluding carboxylic acids is 1. The quantitative estimate of drug-likeness (QED) is 0.310.